The Balaban J connectivity index is 0.00000312. The van der Waals surface area contributed by atoms with Crippen LogP contribution in [0.15, 0.2) is 46.6 Å². The van der Waals surface area contributed by atoms with E-state index in [1.165, 1.54) is 5.56 Å². The van der Waals surface area contributed by atoms with Gasteiger partial charge < -0.3 is 32.1 Å². The van der Waals surface area contributed by atoms with Crippen molar-refractivity contribution in [3.8, 4) is 11.5 Å². The summed E-state index contributed by atoms with van der Waals surface area (Å²) in [5.41, 5.74) is 8.95. The summed E-state index contributed by atoms with van der Waals surface area (Å²) in [5.74, 6) is 1.10. The second kappa shape index (κ2) is 8.69. The van der Waals surface area contributed by atoms with Crippen LogP contribution in [0.2, 0.25) is 0 Å². The van der Waals surface area contributed by atoms with Gasteiger partial charge in [-0.1, -0.05) is 12.1 Å². The molecule has 2 aromatic carbocycles. The molecule has 2 N–H and O–H groups in total. The fourth-order valence-corrected chi connectivity index (χ4v) is 2.36. The highest BCUT2D eigenvalue weighted by molar-refractivity contribution is 5.66. The van der Waals surface area contributed by atoms with Gasteiger partial charge in [-0.25, -0.2) is 0 Å². The highest BCUT2D eigenvalue weighted by atomic mass is 35.5. The maximum Gasteiger partial charge on any atom is 0.148 e. The van der Waals surface area contributed by atoms with Crippen molar-refractivity contribution in [1.29, 1.82) is 0 Å². The Morgan fingerprint density at radius 3 is 2.24 bits per heavy atom. The summed E-state index contributed by atoms with van der Waals surface area (Å²) in [4.78, 5) is 0. The summed E-state index contributed by atoms with van der Waals surface area (Å²) in [6, 6.07) is 11.4. The number of nitrogens with zero attached hydrogens (tertiary/aromatic N) is 3. The summed E-state index contributed by atoms with van der Waals surface area (Å²) in [6.07, 6.45) is 0. The number of azo groups is 1. The third-order valence-electron chi connectivity index (χ3n) is 3.37. The molecule has 0 aliphatic heterocycles. The lowest BCUT2D eigenvalue weighted by Gasteiger charge is -2.23. The highest BCUT2D eigenvalue weighted by Crippen LogP contribution is 2.37. The molecule has 0 unspecified atom stereocenters. The van der Waals surface area contributed by atoms with Gasteiger partial charge in [-0.2, -0.15) is 5.11 Å². The van der Waals surface area contributed by atoms with Crippen LogP contribution in [0.25, 0.3) is 0 Å². The molecule has 0 amide bonds. The minimum absolute atomic E-state index is 0. The number of benzene rings is 2. The van der Waals surface area contributed by atoms with Crippen molar-refractivity contribution >= 4 is 17.1 Å². The summed E-state index contributed by atoms with van der Waals surface area (Å²) < 4.78 is 11.4. The number of ether oxygens (including phenoxy) is 2. The van der Waals surface area contributed by atoms with Crippen molar-refractivity contribution in [2.75, 3.05) is 41.1 Å². The number of hydrogen-bond donors (Lipinski definition) is 1. The Bertz CT molecular complexity index is 742. The van der Waals surface area contributed by atoms with Gasteiger partial charge in [0.2, 0.25) is 0 Å². The molecule has 7 heteroatoms. The molecule has 25 heavy (non-hydrogen) atoms. The fraction of sp³-hybridized carbons (Fsp3) is 0.333. The van der Waals surface area contributed by atoms with Gasteiger partial charge >= 0.3 is 0 Å². The second-order valence-electron chi connectivity index (χ2n) is 6.58. The van der Waals surface area contributed by atoms with Crippen LogP contribution < -0.4 is 27.6 Å². The third-order valence-corrected chi connectivity index (χ3v) is 3.37. The van der Waals surface area contributed by atoms with Gasteiger partial charge in [0.15, 0.2) is 0 Å². The SMILES string of the molecule is COc1cc(N=Nc2cccc(C[N+](C)(C)C)c2)c(OC)cc1N.[Cl-]. The Kier molecular flexibility index (Phi) is 7.21. The first-order valence-electron chi connectivity index (χ1n) is 7.65. The van der Waals surface area contributed by atoms with Crippen molar-refractivity contribution in [3.05, 3.63) is 42.0 Å². The van der Waals surface area contributed by atoms with Gasteiger partial charge in [-0.15, -0.1) is 5.11 Å². The van der Waals surface area contributed by atoms with Gasteiger partial charge in [-0.3, -0.25) is 0 Å². The van der Waals surface area contributed by atoms with Crippen molar-refractivity contribution in [2.45, 2.75) is 6.54 Å². The number of rotatable bonds is 6. The van der Waals surface area contributed by atoms with E-state index in [9.17, 15) is 0 Å². The molecule has 0 bridgehead atoms. The van der Waals surface area contributed by atoms with Gasteiger partial charge in [0, 0.05) is 17.7 Å². The van der Waals surface area contributed by atoms with Crippen LogP contribution >= 0.6 is 0 Å². The number of quaternary nitrogens is 1. The average Bonchev–Trinajstić information content (AvgIpc) is 2.52. The molecule has 0 radical (unpaired) electrons. The monoisotopic (exact) mass is 364 g/mol. The zero-order valence-electron chi connectivity index (χ0n) is 15.3. The van der Waals surface area contributed by atoms with E-state index in [0.717, 1.165) is 16.7 Å². The zero-order chi connectivity index (χ0) is 17.7. The van der Waals surface area contributed by atoms with Crippen molar-refractivity contribution in [1.82, 2.24) is 0 Å². The van der Waals surface area contributed by atoms with Crippen LogP contribution in [0.4, 0.5) is 17.1 Å². The molecule has 0 spiro atoms. The van der Waals surface area contributed by atoms with Crippen molar-refractivity contribution in [2.24, 2.45) is 10.2 Å². The van der Waals surface area contributed by atoms with Gasteiger partial charge in [0.05, 0.1) is 46.7 Å². The van der Waals surface area contributed by atoms with Gasteiger partial charge in [0.1, 0.15) is 23.7 Å². The van der Waals surface area contributed by atoms with Crippen LogP contribution in [-0.2, 0) is 6.54 Å². The van der Waals surface area contributed by atoms with Crippen LogP contribution in [0, 0.1) is 0 Å². The van der Waals surface area contributed by atoms with Crippen LogP contribution in [-0.4, -0.2) is 39.8 Å². The molecule has 6 nitrogen and oxygen atoms in total. The van der Waals surface area contributed by atoms with Crippen LogP contribution in [0.1, 0.15) is 5.56 Å². The van der Waals surface area contributed by atoms with E-state index in [1.54, 1.807) is 26.4 Å². The lowest BCUT2D eigenvalue weighted by atomic mass is 10.2. The van der Waals surface area contributed by atoms with E-state index < -0.39 is 0 Å². The molecule has 0 atom stereocenters. The average molecular weight is 365 g/mol. The molecule has 2 aromatic rings. The maximum atomic E-state index is 5.88. The predicted octanol–water partition coefficient (Wildman–Crippen LogP) is 0.912. The molecule has 0 aliphatic carbocycles. The minimum atomic E-state index is 0. The molecule has 0 saturated carbocycles. The summed E-state index contributed by atoms with van der Waals surface area (Å²) >= 11 is 0. The summed E-state index contributed by atoms with van der Waals surface area (Å²) in [7, 11) is 9.59. The molecule has 136 valence electrons. The lowest BCUT2D eigenvalue weighted by Crippen LogP contribution is -3.00. The van der Waals surface area contributed by atoms with E-state index in [0.29, 0.717) is 22.9 Å². The Labute approximate surface area is 155 Å². The molecular weight excluding hydrogens is 340 g/mol. The number of methoxy groups -OCH3 is 2. The molecular formula is C18H25ClN4O2. The first kappa shape index (κ1) is 20.7. The largest absolute Gasteiger partial charge is 1.00 e. The number of anilines is 1. The molecule has 0 aliphatic rings. The standard InChI is InChI=1S/C18H25N4O2.ClH/c1-22(2,3)12-13-7-6-8-14(9-13)20-21-16-11-17(23-4)15(19)10-18(16)24-5;/h6-11H,12,19H2,1-5H3;1H/q+1;/p-1. The van der Waals surface area contributed by atoms with E-state index in [-0.39, 0.29) is 12.4 Å². The van der Waals surface area contributed by atoms with Crippen molar-refractivity contribution < 1.29 is 26.4 Å². The summed E-state index contributed by atoms with van der Waals surface area (Å²) in [6.45, 7) is 0.919. The number of nitrogens with two attached hydrogens (primary N) is 1. The zero-order valence-corrected chi connectivity index (χ0v) is 16.0. The smallest absolute Gasteiger partial charge is 0.148 e. The first-order valence-corrected chi connectivity index (χ1v) is 7.65. The Morgan fingerprint density at radius 2 is 1.64 bits per heavy atom. The van der Waals surface area contributed by atoms with Gasteiger partial charge in [-0.05, 0) is 12.1 Å². The molecule has 0 aromatic heterocycles. The molecule has 0 heterocycles. The van der Waals surface area contributed by atoms with Crippen molar-refractivity contribution in [3.63, 3.8) is 0 Å². The molecule has 0 saturated heterocycles. The van der Waals surface area contributed by atoms with Crippen LogP contribution in [0.3, 0.4) is 0 Å². The topological polar surface area (TPSA) is 69.2 Å². The first-order chi connectivity index (χ1) is 11.3. The van der Waals surface area contributed by atoms with E-state index >= 15 is 0 Å². The lowest BCUT2D eigenvalue weighted by molar-refractivity contribution is -0.884. The van der Waals surface area contributed by atoms with Crippen LogP contribution in [0.5, 0.6) is 11.5 Å². The quantitative estimate of drug-likeness (QED) is 0.470. The predicted molar refractivity (Wildman–Crippen MR) is 96.3 cm³/mol. The van der Waals surface area contributed by atoms with E-state index in [4.69, 9.17) is 15.2 Å². The molecule has 2 rings (SSSR count). The fourth-order valence-electron chi connectivity index (χ4n) is 2.36. The highest BCUT2D eigenvalue weighted by Gasteiger charge is 2.10. The van der Waals surface area contributed by atoms with Gasteiger partial charge in [0.25, 0.3) is 0 Å². The third kappa shape index (κ3) is 5.92. The number of nitrogen functional groups attached to an aromatic ring is 1. The molecule has 0 fully saturated rings. The maximum absolute atomic E-state index is 5.88. The normalized spacial score (nSPS) is 11.2. The van der Waals surface area contributed by atoms with E-state index in [2.05, 4.69) is 37.4 Å². The minimum Gasteiger partial charge on any atom is -1.00 e. The summed E-state index contributed by atoms with van der Waals surface area (Å²) in [5, 5.41) is 8.62. The number of hydrogen-bond acceptors (Lipinski definition) is 5. The van der Waals surface area contributed by atoms with E-state index in [1.807, 2.05) is 18.2 Å². The Morgan fingerprint density at radius 1 is 0.960 bits per heavy atom. The second-order valence-corrected chi connectivity index (χ2v) is 6.58. The Hall–Kier alpha value is -2.31. The number of halogens is 1.